The highest BCUT2D eigenvalue weighted by Crippen LogP contribution is 2.25. The Morgan fingerprint density at radius 2 is 2.00 bits per heavy atom. The molecule has 1 aromatic carbocycles. The SMILES string of the molecule is CC(NCCOc1cccc(C(C)(C)C)c1)c1cccs1. The molecule has 2 aromatic rings. The molecule has 0 saturated carbocycles. The van der Waals surface area contributed by atoms with Crippen LogP contribution in [0.25, 0.3) is 0 Å². The second-order valence-electron chi connectivity index (χ2n) is 6.32. The van der Waals surface area contributed by atoms with Gasteiger partial charge in [-0.15, -0.1) is 11.3 Å². The van der Waals surface area contributed by atoms with E-state index in [-0.39, 0.29) is 5.41 Å². The molecule has 2 nitrogen and oxygen atoms in total. The van der Waals surface area contributed by atoms with Crippen LogP contribution in [0.1, 0.15) is 44.2 Å². The largest absolute Gasteiger partial charge is 0.492 e. The zero-order valence-electron chi connectivity index (χ0n) is 13.3. The molecule has 0 aliphatic heterocycles. The fourth-order valence-electron chi connectivity index (χ4n) is 2.13. The average molecular weight is 303 g/mol. The molecule has 3 heteroatoms. The van der Waals surface area contributed by atoms with Gasteiger partial charge in [0.25, 0.3) is 0 Å². The molecule has 1 unspecified atom stereocenters. The summed E-state index contributed by atoms with van der Waals surface area (Å²) in [6.45, 7) is 10.4. The molecule has 0 amide bonds. The highest BCUT2D eigenvalue weighted by molar-refractivity contribution is 7.10. The van der Waals surface area contributed by atoms with E-state index in [2.05, 4.69) is 68.7 Å². The van der Waals surface area contributed by atoms with E-state index in [1.807, 2.05) is 6.07 Å². The van der Waals surface area contributed by atoms with E-state index < -0.39 is 0 Å². The van der Waals surface area contributed by atoms with Gasteiger partial charge >= 0.3 is 0 Å². The number of thiophene rings is 1. The smallest absolute Gasteiger partial charge is 0.119 e. The highest BCUT2D eigenvalue weighted by Gasteiger charge is 2.13. The summed E-state index contributed by atoms with van der Waals surface area (Å²) in [7, 11) is 0. The van der Waals surface area contributed by atoms with E-state index in [9.17, 15) is 0 Å². The van der Waals surface area contributed by atoms with Crippen molar-refractivity contribution in [1.29, 1.82) is 0 Å². The van der Waals surface area contributed by atoms with Gasteiger partial charge in [0.1, 0.15) is 12.4 Å². The van der Waals surface area contributed by atoms with Gasteiger partial charge < -0.3 is 10.1 Å². The summed E-state index contributed by atoms with van der Waals surface area (Å²) < 4.78 is 5.85. The summed E-state index contributed by atoms with van der Waals surface area (Å²) >= 11 is 1.79. The van der Waals surface area contributed by atoms with Crippen LogP contribution in [0, 0.1) is 0 Å². The Morgan fingerprint density at radius 3 is 2.67 bits per heavy atom. The van der Waals surface area contributed by atoms with E-state index in [1.54, 1.807) is 11.3 Å². The summed E-state index contributed by atoms with van der Waals surface area (Å²) in [6.07, 6.45) is 0. The van der Waals surface area contributed by atoms with Gasteiger partial charge in [0.2, 0.25) is 0 Å². The van der Waals surface area contributed by atoms with Crippen LogP contribution in [0.5, 0.6) is 5.75 Å². The third-order valence-electron chi connectivity index (χ3n) is 3.49. The molecule has 1 aromatic heterocycles. The third kappa shape index (κ3) is 4.87. The maximum atomic E-state index is 5.85. The standard InChI is InChI=1S/C18H25NOS/c1-14(17-9-6-12-21-17)19-10-11-20-16-8-5-7-15(13-16)18(2,3)4/h5-9,12-14,19H,10-11H2,1-4H3. The van der Waals surface area contributed by atoms with Crippen molar-refractivity contribution in [2.75, 3.05) is 13.2 Å². The zero-order chi connectivity index (χ0) is 15.3. The number of benzene rings is 1. The van der Waals surface area contributed by atoms with Crippen LogP contribution >= 0.6 is 11.3 Å². The second-order valence-corrected chi connectivity index (χ2v) is 7.30. The van der Waals surface area contributed by atoms with Gasteiger partial charge in [-0.2, -0.15) is 0 Å². The Balaban J connectivity index is 1.79. The topological polar surface area (TPSA) is 21.3 Å². The van der Waals surface area contributed by atoms with Crippen molar-refractivity contribution in [3.63, 3.8) is 0 Å². The summed E-state index contributed by atoms with van der Waals surface area (Å²) in [6, 6.07) is 13.0. The lowest BCUT2D eigenvalue weighted by atomic mass is 9.87. The fourth-order valence-corrected chi connectivity index (χ4v) is 2.89. The van der Waals surface area contributed by atoms with Crippen molar-refractivity contribution < 1.29 is 4.74 Å². The minimum Gasteiger partial charge on any atom is -0.492 e. The van der Waals surface area contributed by atoms with Gasteiger partial charge in [0, 0.05) is 17.5 Å². The summed E-state index contributed by atoms with van der Waals surface area (Å²) in [5, 5.41) is 5.60. The van der Waals surface area contributed by atoms with Crippen LogP contribution in [0.3, 0.4) is 0 Å². The number of nitrogens with one attached hydrogen (secondary N) is 1. The normalized spacial score (nSPS) is 13.1. The number of hydrogen-bond acceptors (Lipinski definition) is 3. The summed E-state index contributed by atoms with van der Waals surface area (Å²) in [4.78, 5) is 1.37. The van der Waals surface area contributed by atoms with Crippen molar-refractivity contribution in [3.05, 3.63) is 52.2 Å². The van der Waals surface area contributed by atoms with E-state index in [1.165, 1.54) is 10.4 Å². The average Bonchev–Trinajstić information content (AvgIpc) is 2.97. The maximum absolute atomic E-state index is 5.85. The number of hydrogen-bond donors (Lipinski definition) is 1. The molecular formula is C18H25NOS. The van der Waals surface area contributed by atoms with Crippen molar-refractivity contribution in [2.45, 2.75) is 39.2 Å². The molecule has 0 saturated heterocycles. The van der Waals surface area contributed by atoms with Crippen LogP contribution in [-0.2, 0) is 5.41 Å². The minimum absolute atomic E-state index is 0.158. The molecule has 2 rings (SSSR count). The lowest BCUT2D eigenvalue weighted by Gasteiger charge is -2.20. The summed E-state index contributed by atoms with van der Waals surface area (Å²) in [5.41, 5.74) is 1.46. The van der Waals surface area contributed by atoms with Crippen LogP contribution in [0.2, 0.25) is 0 Å². The quantitative estimate of drug-likeness (QED) is 0.776. The zero-order valence-corrected chi connectivity index (χ0v) is 14.2. The van der Waals surface area contributed by atoms with E-state index in [4.69, 9.17) is 4.74 Å². The van der Waals surface area contributed by atoms with E-state index >= 15 is 0 Å². The molecule has 0 bridgehead atoms. The van der Waals surface area contributed by atoms with Crippen molar-refractivity contribution >= 4 is 11.3 Å². The Bertz CT molecular complexity index is 543. The molecular weight excluding hydrogens is 278 g/mol. The Morgan fingerprint density at radius 1 is 1.19 bits per heavy atom. The molecule has 114 valence electrons. The lowest BCUT2D eigenvalue weighted by molar-refractivity contribution is 0.307. The van der Waals surface area contributed by atoms with Crippen molar-refractivity contribution in [3.8, 4) is 5.75 Å². The van der Waals surface area contributed by atoms with Gasteiger partial charge in [-0.25, -0.2) is 0 Å². The van der Waals surface area contributed by atoms with Gasteiger partial charge in [0.05, 0.1) is 0 Å². The van der Waals surface area contributed by atoms with Crippen LogP contribution in [0.15, 0.2) is 41.8 Å². The third-order valence-corrected chi connectivity index (χ3v) is 4.55. The Kier molecular flexibility index (Phi) is 5.43. The molecule has 1 atom stereocenters. The number of ether oxygens (including phenoxy) is 1. The van der Waals surface area contributed by atoms with Crippen molar-refractivity contribution in [1.82, 2.24) is 5.32 Å². The van der Waals surface area contributed by atoms with Gasteiger partial charge in [-0.1, -0.05) is 39.0 Å². The van der Waals surface area contributed by atoms with Crippen molar-refractivity contribution in [2.24, 2.45) is 0 Å². The van der Waals surface area contributed by atoms with Crippen LogP contribution in [-0.4, -0.2) is 13.2 Å². The van der Waals surface area contributed by atoms with E-state index in [0.29, 0.717) is 12.6 Å². The second kappa shape index (κ2) is 7.10. The summed E-state index contributed by atoms with van der Waals surface area (Å²) in [5.74, 6) is 0.952. The number of rotatable bonds is 6. The van der Waals surface area contributed by atoms with Crippen LogP contribution in [0.4, 0.5) is 0 Å². The lowest BCUT2D eigenvalue weighted by Crippen LogP contribution is -2.23. The molecule has 0 spiro atoms. The van der Waals surface area contributed by atoms with E-state index in [0.717, 1.165) is 12.3 Å². The first-order valence-electron chi connectivity index (χ1n) is 7.47. The van der Waals surface area contributed by atoms with Crippen LogP contribution < -0.4 is 10.1 Å². The molecule has 0 radical (unpaired) electrons. The Labute approximate surface area is 132 Å². The first kappa shape index (κ1) is 16.1. The predicted molar refractivity (Wildman–Crippen MR) is 91.4 cm³/mol. The minimum atomic E-state index is 0.158. The molecule has 0 fully saturated rings. The molecule has 0 aliphatic rings. The molecule has 0 aliphatic carbocycles. The predicted octanol–water partition coefficient (Wildman–Crippen LogP) is 4.78. The molecule has 21 heavy (non-hydrogen) atoms. The van der Waals surface area contributed by atoms with Gasteiger partial charge in [-0.05, 0) is 41.5 Å². The Hall–Kier alpha value is -1.32. The maximum Gasteiger partial charge on any atom is 0.119 e. The van der Waals surface area contributed by atoms with Gasteiger partial charge in [0.15, 0.2) is 0 Å². The first-order chi connectivity index (χ1) is 9.97. The molecule has 1 N–H and O–H groups in total. The fraction of sp³-hybridized carbons (Fsp3) is 0.444. The highest BCUT2D eigenvalue weighted by atomic mass is 32.1. The molecule has 1 heterocycles. The monoisotopic (exact) mass is 303 g/mol. The van der Waals surface area contributed by atoms with Gasteiger partial charge in [-0.3, -0.25) is 0 Å². The first-order valence-corrected chi connectivity index (χ1v) is 8.35.